The van der Waals surface area contributed by atoms with Crippen molar-refractivity contribution in [1.29, 1.82) is 0 Å². The van der Waals surface area contributed by atoms with Crippen molar-refractivity contribution in [2.24, 2.45) is 5.73 Å². The molecule has 1 atom stereocenters. The molecule has 2 N–H and O–H groups in total. The van der Waals surface area contributed by atoms with E-state index in [4.69, 9.17) is 10.5 Å². The van der Waals surface area contributed by atoms with E-state index in [1.165, 1.54) is 31.2 Å². The summed E-state index contributed by atoms with van der Waals surface area (Å²) >= 11 is 3.55. The summed E-state index contributed by atoms with van der Waals surface area (Å²) in [4.78, 5) is 2.34. The van der Waals surface area contributed by atoms with Gasteiger partial charge in [0.2, 0.25) is 0 Å². The zero-order valence-electron chi connectivity index (χ0n) is 12.7. The lowest BCUT2D eigenvalue weighted by Crippen LogP contribution is -2.56. The molecular weight excluding hydrogens is 316 g/mol. The minimum Gasteiger partial charge on any atom is -0.496 e. The molecule has 2 rings (SSSR count). The molecule has 1 saturated carbocycles. The van der Waals surface area contributed by atoms with Crippen molar-refractivity contribution in [2.45, 2.75) is 43.7 Å². The van der Waals surface area contributed by atoms with E-state index in [2.05, 4.69) is 47.1 Å². The van der Waals surface area contributed by atoms with E-state index in [-0.39, 0.29) is 11.6 Å². The lowest BCUT2D eigenvalue weighted by molar-refractivity contribution is 0.123. The van der Waals surface area contributed by atoms with Crippen LogP contribution in [-0.2, 0) is 6.42 Å². The molecule has 3 nitrogen and oxygen atoms in total. The third kappa shape index (κ3) is 3.02. The SMILES string of the molecule is COc1ccc(CC(N)C2(N(C)C)CCCC2)cc1Br. The van der Waals surface area contributed by atoms with Crippen molar-refractivity contribution >= 4 is 15.9 Å². The predicted molar refractivity (Wildman–Crippen MR) is 87.3 cm³/mol. The second-order valence-electron chi connectivity index (χ2n) is 5.98. The van der Waals surface area contributed by atoms with Crippen molar-refractivity contribution in [1.82, 2.24) is 4.90 Å². The first-order chi connectivity index (χ1) is 9.49. The van der Waals surface area contributed by atoms with Crippen LogP contribution in [0.3, 0.4) is 0 Å². The Hall–Kier alpha value is -0.580. The summed E-state index contributed by atoms with van der Waals surface area (Å²) in [6.45, 7) is 0. The van der Waals surface area contributed by atoms with E-state index >= 15 is 0 Å². The maximum absolute atomic E-state index is 6.58. The lowest BCUT2D eigenvalue weighted by atomic mass is 9.84. The molecule has 0 aromatic heterocycles. The van der Waals surface area contributed by atoms with Crippen LogP contribution < -0.4 is 10.5 Å². The molecular formula is C16H25BrN2O. The van der Waals surface area contributed by atoms with Gasteiger partial charge in [0.15, 0.2) is 0 Å². The van der Waals surface area contributed by atoms with Gasteiger partial charge < -0.3 is 15.4 Å². The van der Waals surface area contributed by atoms with Crippen LogP contribution in [0.25, 0.3) is 0 Å². The Labute approximate surface area is 130 Å². The normalized spacial score (nSPS) is 19.3. The predicted octanol–water partition coefficient (Wildman–Crippen LogP) is 3.20. The molecule has 0 bridgehead atoms. The number of benzene rings is 1. The van der Waals surface area contributed by atoms with E-state index in [9.17, 15) is 0 Å². The average molecular weight is 341 g/mol. The minimum absolute atomic E-state index is 0.159. The smallest absolute Gasteiger partial charge is 0.133 e. The van der Waals surface area contributed by atoms with Crippen molar-refractivity contribution in [2.75, 3.05) is 21.2 Å². The highest BCUT2D eigenvalue weighted by Gasteiger charge is 2.41. The monoisotopic (exact) mass is 340 g/mol. The molecule has 0 radical (unpaired) electrons. The molecule has 1 fully saturated rings. The highest BCUT2D eigenvalue weighted by molar-refractivity contribution is 9.10. The Balaban J connectivity index is 2.14. The van der Waals surface area contributed by atoms with Crippen molar-refractivity contribution in [3.8, 4) is 5.75 Å². The van der Waals surface area contributed by atoms with Crippen LogP contribution in [0.15, 0.2) is 22.7 Å². The van der Waals surface area contributed by atoms with Crippen LogP contribution in [0.4, 0.5) is 0 Å². The molecule has 0 spiro atoms. The number of hydrogen-bond acceptors (Lipinski definition) is 3. The van der Waals surface area contributed by atoms with E-state index in [1.807, 2.05) is 6.07 Å². The molecule has 20 heavy (non-hydrogen) atoms. The highest BCUT2D eigenvalue weighted by atomic mass is 79.9. The number of nitrogens with two attached hydrogens (primary N) is 1. The zero-order valence-corrected chi connectivity index (χ0v) is 14.2. The summed E-state index contributed by atoms with van der Waals surface area (Å²) in [5.41, 5.74) is 8.00. The fraction of sp³-hybridized carbons (Fsp3) is 0.625. The quantitative estimate of drug-likeness (QED) is 0.894. The third-order valence-corrected chi connectivity index (χ3v) is 5.34. The fourth-order valence-electron chi connectivity index (χ4n) is 3.42. The number of rotatable bonds is 5. The Morgan fingerprint density at radius 3 is 2.50 bits per heavy atom. The summed E-state index contributed by atoms with van der Waals surface area (Å²) in [5.74, 6) is 0.866. The largest absolute Gasteiger partial charge is 0.496 e. The second-order valence-corrected chi connectivity index (χ2v) is 6.84. The molecule has 1 aromatic carbocycles. The molecule has 1 aliphatic rings. The van der Waals surface area contributed by atoms with Crippen molar-refractivity contribution in [3.05, 3.63) is 28.2 Å². The van der Waals surface area contributed by atoms with E-state index in [0.717, 1.165) is 16.6 Å². The third-order valence-electron chi connectivity index (χ3n) is 4.72. The number of halogens is 1. The first kappa shape index (κ1) is 15.8. The Morgan fingerprint density at radius 2 is 2.00 bits per heavy atom. The van der Waals surface area contributed by atoms with Gasteiger partial charge in [-0.05, 0) is 67.0 Å². The van der Waals surface area contributed by atoms with Gasteiger partial charge in [-0.2, -0.15) is 0 Å². The highest BCUT2D eigenvalue weighted by Crippen LogP contribution is 2.37. The van der Waals surface area contributed by atoms with Crippen molar-refractivity contribution in [3.63, 3.8) is 0 Å². The number of hydrogen-bond donors (Lipinski definition) is 1. The maximum atomic E-state index is 6.58. The molecule has 1 aromatic rings. The van der Waals surface area contributed by atoms with E-state index in [0.29, 0.717) is 0 Å². The van der Waals surface area contributed by atoms with E-state index in [1.54, 1.807) is 7.11 Å². The summed E-state index contributed by atoms with van der Waals surface area (Å²) in [6.07, 6.45) is 5.90. The van der Waals surface area contributed by atoms with Crippen LogP contribution in [0.1, 0.15) is 31.2 Å². The van der Waals surface area contributed by atoms with Gasteiger partial charge in [0, 0.05) is 11.6 Å². The number of methoxy groups -OCH3 is 1. The molecule has 4 heteroatoms. The number of likely N-dealkylation sites (N-methyl/N-ethyl adjacent to an activating group) is 1. The summed E-state index contributed by atoms with van der Waals surface area (Å²) in [5, 5.41) is 0. The van der Waals surface area contributed by atoms with Gasteiger partial charge in [-0.25, -0.2) is 0 Å². The van der Waals surface area contributed by atoms with Crippen LogP contribution in [-0.4, -0.2) is 37.7 Å². The van der Waals surface area contributed by atoms with Gasteiger partial charge >= 0.3 is 0 Å². The topological polar surface area (TPSA) is 38.5 Å². The zero-order chi connectivity index (χ0) is 14.8. The Bertz CT molecular complexity index is 456. The van der Waals surface area contributed by atoms with Gasteiger partial charge in [0.25, 0.3) is 0 Å². The van der Waals surface area contributed by atoms with Gasteiger partial charge in [-0.1, -0.05) is 18.9 Å². The van der Waals surface area contributed by atoms with Crippen LogP contribution in [0.2, 0.25) is 0 Å². The van der Waals surface area contributed by atoms with Crippen molar-refractivity contribution < 1.29 is 4.74 Å². The lowest BCUT2D eigenvalue weighted by Gasteiger charge is -2.41. The van der Waals surface area contributed by atoms with Gasteiger partial charge in [0.05, 0.1) is 11.6 Å². The maximum Gasteiger partial charge on any atom is 0.133 e. The standard InChI is InChI=1S/C16H25BrN2O/c1-19(2)16(8-4-5-9-16)15(18)11-12-6-7-14(20-3)13(17)10-12/h6-7,10,15H,4-5,8-9,11,18H2,1-3H3. The molecule has 0 amide bonds. The van der Waals surface area contributed by atoms with Gasteiger partial charge in [-0.15, -0.1) is 0 Å². The second kappa shape index (κ2) is 6.46. The van der Waals surface area contributed by atoms with Gasteiger partial charge in [-0.3, -0.25) is 0 Å². The average Bonchev–Trinajstić information content (AvgIpc) is 2.89. The molecule has 1 unspecified atom stereocenters. The summed E-state index contributed by atoms with van der Waals surface area (Å²) in [6, 6.07) is 6.40. The fourth-order valence-corrected chi connectivity index (χ4v) is 4.01. The first-order valence-electron chi connectivity index (χ1n) is 7.25. The molecule has 0 aliphatic heterocycles. The van der Waals surface area contributed by atoms with Crippen LogP contribution in [0, 0.1) is 0 Å². The molecule has 0 heterocycles. The van der Waals surface area contributed by atoms with E-state index < -0.39 is 0 Å². The number of ether oxygens (including phenoxy) is 1. The Kier molecular flexibility index (Phi) is 5.10. The number of nitrogens with zero attached hydrogens (tertiary/aromatic N) is 1. The molecule has 112 valence electrons. The summed E-state index contributed by atoms with van der Waals surface area (Å²) in [7, 11) is 6.01. The van der Waals surface area contributed by atoms with Crippen LogP contribution >= 0.6 is 15.9 Å². The molecule has 1 aliphatic carbocycles. The first-order valence-corrected chi connectivity index (χ1v) is 8.04. The Morgan fingerprint density at radius 1 is 1.35 bits per heavy atom. The summed E-state index contributed by atoms with van der Waals surface area (Å²) < 4.78 is 6.27. The minimum atomic E-state index is 0.159. The van der Waals surface area contributed by atoms with Crippen LogP contribution in [0.5, 0.6) is 5.75 Å². The van der Waals surface area contributed by atoms with Gasteiger partial charge in [0.1, 0.15) is 5.75 Å². The molecule has 0 saturated heterocycles.